The molecule has 0 unspecified atom stereocenters. The first-order chi connectivity index (χ1) is 16.2. The normalized spacial score (nSPS) is 13.1. The number of anilines is 4. The van der Waals surface area contributed by atoms with Gasteiger partial charge >= 0.3 is 12.0 Å². The fourth-order valence-electron chi connectivity index (χ4n) is 3.80. The summed E-state index contributed by atoms with van der Waals surface area (Å²) in [5.41, 5.74) is 3.60. The lowest BCUT2D eigenvalue weighted by Gasteiger charge is -2.35. The van der Waals surface area contributed by atoms with E-state index in [1.165, 1.54) is 21.9 Å². The first-order valence-electron chi connectivity index (χ1n) is 10.5. The van der Waals surface area contributed by atoms with E-state index < -0.39 is 5.97 Å². The van der Waals surface area contributed by atoms with Gasteiger partial charge in [-0.3, -0.25) is 14.6 Å². The van der Waals surface area contributed by atoms with E-state index in [1.807, 2.05) is 24.3 Å². The Labute approximate surface area is 206 Å². The number of aliphatic carboxylic acids is 1. The maximum Gasteiger partial charge on any atom is 0.329 e. The van der Waals surface area contributed by atoms with Crippen LogP contribution in [0.2, 0.25) is 10.0 Å². The number of carboxylic acid groups (broad SMARTS) is 1. The highest BCUT2D eigenvalue weighted by atomic mass is 35.5. The summed E-state index contributed by atoms with van der Waals surface area (Å²) in [4.78, 5) is 31.1. The van der Waals surface area contributed by atoms with Crippen molar-refractivity contribution in [1.29, 1.82) is 0 Å². The monoisotopic (exact) mass is 500 g/mol. The number of aryl methyl sites for hydroxylation is 1. The van der Waals surface area contributed by atoms with Crippen LogP contribution in [0.3, 0.4) is 0 Å². The Balaban J connectivity index is 1.52. The molecular formula is C24H22Cl2N4O4. The van der Waals surface area contributed by atoms with E-state index in [4.69, 9.17) is 28.3 Å². The molecule has 0 bridgehead atoms. The number of carbonyl (C=O) groups excluding carboxylic acids is 1. The molecule has 0 fully saturated rings. The zero-order valence-electron chi connectivity index (χ0n) is 18.3. The lowest BCUT2D eigenvalue weighted by Crippen LogP contribution is -2.45. The lowest BCUT2D eigenvalue weighted by atomic mass is 10.1. The number of phenols is 1. The Morgan fingerprint density at radius 2 is 1.91 bits per heavy atom. The maximum atomic E-state index is 13.1. The molecule has 176 valence electrons. The van der Waals surface area contributed by atoms with E-state index in [9.17, 15) is 14.7 Å². The van der Waals surface area contributed by atoms with Gasteiger partial charge in [-0.15, -0.1) is 0 Å². The Kier molecular flexibility index (Phi) is 6.81. The van der Waals surface area contributed by atoms with Gasteiger partial charge in [-0.05, 0) is 42.7 Å². The number of carboxylic acids is 1. The predicted molar refractivity (Wildman–Crippen MR) is 133 cm³/mol. The molecule has 0 aliphatic carbocycles. The van der Waals surface area contributed by atoms with Crippen LogP contribution in [0, 0.1) is 0 Å². The molecule has 10 heteroatoms. The second-order valence-corrected chi connectivity index (χ2v) is 8.71. The molecule has 1 aliphatic heterocycles. The summed E-state index contributed by atoms with van der Waals surface area (Å²) < 4.78 is 0. The highest BCUT2D eigenvalue weighted by Crippen LogP contribution is 2.43. The molecule has 0 spiro atoms. The number of carbonyl (C=O) groups is 2. The molecule has 2 aromatic carbocycles. The van der Waals surface area contributed by atoms with Crippen molar-refractivity contribution in [2.24, 2.45) is 0 Å². The fraction of sp³-hybridized carbons (Fsp3) is 0.208. The number of hydrogen-bond acceptors (Lipinski definition) is 5. The van der Waals surface area contributed by atoms with Crippen LogP contribution in [0.5, 0.6) is 5.75 Å². The minimum absolute atomic E-state index is 0.00959. The molecule has 8 nitrogen and oxygen atoms in total. The number of nitrogens with zero attached hydrogens (tertiary/aromatic N) is 3. The maximum absolute atomic E-state index is 13.1. The molecule has 34 heavy (non-hydrogen) atoms. The molecular weight excluding hydrogens is 479 g/mol. The Bertz CT molecular complexity index is 1250. The van der Waals surface area contributed by atoms with Gasteiger partial charge in [-0.25, -0.2) is 9.78 Å². The van der Waals surface area contributed by atoms with Crippen LogP contribution in [0.15, 0.2) is 48.7 Å². The number of aromatic nitrogens is 1. The van der Waals surface area contributed by atoms with Crippen molar-refractivity contribution >= 4 is 58.1 Å². The third-order valence-electron chi connectivity index (χ3n) is 5.57. The number of benzene rings is 2. The van der Waals surface area contributed by atoms with Gasteiger partial charge in [0.15, 0.2) is 0 Å². The van der Waals surface area contributed by atoms with E-state index in [0.29, 0.717) is 24.3 Å². The van der Waals surface area contributed by atoms with Gasteiger partial charge in [0.2, 0.25) is 0 Å². The molecule has 0 saturated heterocycles. The van der Waals surface area contributed by atoms with E-state index in [2.05, 4.69) is 10.3 Å². The van der Waals surface area contributed by atoms with Crippen molar-refractivity contribution in [3.63, 3.8) is 0 Å². The number of hydrogen-bond donors (Lipinski definition) is 3. The van der Waals surface area contributed by atoms with Crippen LogP contribution in [-0.2, 0) is 17.8 Å². The number of phenolic OH excluding ortho intramolecular Hbond substituents is 1. The third-order valence-corrected chi connectivity index (χ3v) is 6.25. The first kappa shape index (κ1) is 23.7. The van der Waals surface area contributed by atoms with Gasteiger partial charge in [0.1, 0.15) is 16.6 Å². The van der Waals surface area contributed by atoms with Gasteiger partial charge in [0.25, 0.3) is 0 Å². The van der Waals surface area contributed by atoms with E-state index >= 15 is 0 Å². The molecule has 1 aliphatic rings. The summed E-state index contributed by atoms with van der Waals surface area (Å²) in [6.45, 7) is 0.194. The summed E-state index contributed by atoms with van der Waals surface area (Å²) in [5.74, 6) is -0.386. The highest BCUT2D eigenvalue weighted by molar-refractivity contribution is 6.41. The standard InChI is InChI=1S/C24H22Cl2N4O4/c1-29-18-11-20(28-16-7-5-14(6-8-16)3-2-4-21(32)33)27-12-15(18)13-30(24(29)34)23-17(25)9-10-19(31)22(23)26/h5-12,31H,2-4,13H2,1H3,(H,27,28)(H,32,33). The number of pyridine rings is 1. The summed E-state index contributed by atoms with van der Waals surface area (Å²) in [5, 5.41) is 22.2. The van der Waals surface area contributed by atoms with Gasteiger partial charge in [-0.2, -0.15) is 0 Å². The molecule has 3 aromatic rings. The smallest absolute Gasteiger partial charge is 0.329 e. The molecule has 4 rings (SSSR count). The summed E-state index contributed by atoms with van der Waals surface area (Å²) in [7, 11) is 1.65. The van der Waals surface area contributed by atoms with Crippen LogP contribution >= 0.6 is 23.2 Å². The van der Waals surface area contributed by atoms with Crippen LogP contribution in [0.25, 0.3) is 0 Å². The SMILES string of the molecule is CN1C(=O)N(c2c(Cl)ccc(O)c2Cl)Cc2cnc(Nc3ccc(CCCC(=O)O)cc3)cc21. The predicted octanol–water partition coefficient (Wildman–Crippen LogP) is 5.82. The fourth-order valence-corrected chi connectivity index (χ4v) is 4.37. The molecule has 1 aromatic heterocycles. The minimum Gasteiger partial charge on any atom is -0.506 e. The lowest BCUT2D eigenvalue weighted by molar-refractivity contribution is -0.137. The quantitative estimate of drug-likeness (QED) is 0.377. The molecule has 2 amide bonds. The topological polar surface area (TPSA) is 106 Å². The number of urea groups is 1. The molecule has 0 radical (unpaired) electrons. The van der Waals surface area contributed by atoms with Gasteiger partial charge in [0, 0.05) is 37.0 Å². The van der Waals surface area contributed by atoms with Crippen molar-refractivity contribution in [3.8, 4) is 5.75 Å². The highest BCUT2D eigenvalue weighted by Gasteiger charge is 2.32. The Morgan fingerprint density at radius 1 is 1.18 bits per heavy atom. The summed E-state index contributed by atoms with van der Waals surface area (Å²) in [6.07, 6.45) is 3.11. The molecule has 0 atom stereocenters. The number of amides is 2. The zero-order valence-corrected chi connectivity index (χ0v) is 19.8. The van der Waals surface area contributed by atoms with Crippen molar-refractivity contribution < 1.29 is 19.8 Å². The van der Waals surface area contributed by atoms with Crippen LogP contribution in [0.1, 0.15) is 24.0 Å². The summed E-state index contributed by atoms with van der Waals surface area (Å²) >= 11 is 12.5. The third kappa shape index (κ3) is 4.88. The number of nitrogens with one attached hydrogen (secondary N) is 1. The van der Waals surface area contributed by atoms with E-state index in [-0.39, 0.29) is 40.5 Å². The van der Waals surface area contributed by atoms with Crippen molar-refractivity contribution in [1.82, 2.24) is 4.98 Å². The van der Waals surface area contributed by atoms with Crippen molar-refractivity contribution in [2.45, 2.75) is 25.8 Å². The van der Waals surface area contributed by atoms with E-state index in [0.717, 1.165) is 16.8 Å². The molecule has 0 saturated carbocycles. The van der Waals surface area contributed by atoms with Crippen molar-refractivity contribution in [3.05, 3.63) is 69.8 Å². The number of aromatic hydroxyl groups is 1. The molecule has 2 heterocycles. The zero-order chi connectivity index (χ0) is 24.4. The Hall–Kier alpha value is -3.49. The number of rotatable bonds is 7. The van der Waals surface area contributed by atoms with Crippen LogP contribution in [-0.4, -0.2) is 34.2 Å². The second-order valence-electron chi connectivity index (χ2n) is 7.92. The van der Waals surface area contributed by atoms with Gasteiger partial charge in [-0.1, -0.05) is 35.3 Å². The van der Waals surface area contributed by atoms with Gasteiger partial charge < -0.3 is 15.5 Å². The van der Waals surface area contributed by atoms with Crippen LogP contribution < -0.4 is 15.1 Å². The summed E-state index contributed by atoms with van der Waals surface area (Å²) in [6, 6.07) is 12.0. The Morgan fingerprint density at radius 3 is 2.62 bits per heavy atom. The number of halogens is 2. The second kappa shape index (κ2) is 9.79. The van der Waals surface area contributed by atoms with Crippen LogP contribution in [0.4, 0.5) is 27.7 Å². The largest absolute Gasteiger partial charge is 0.506 e. The van der Waals surface area contributed by atoms with E-state index in [1.54, 1.807) is 19.3 Å². The minimum atomic E-state index is -0.795. The average Bonchev–Trinajstić information content (AvgIpc) is 2.81. The number of fused-ring (bicyclic) bond motifs is 1. The van der Waals surface area contributed by atoms with Crippen molar-refractivity contribution in [2.75, 3.05) is 22.2 Å². The average molecular weight is 501 g/mol. The first-order valence-corrected chi connectivity index (χ1v) is 11.3. The van der Waals surface area contributed by atoms with Gasteiger partial charge in [0.05, 0.1) is 22.9 Å². The molecule has 3 N–H and O–H groups in total.